The lowest BCUT2D eigenvalue weighted by Gasteiger charge is -2.06. The number of aryl methyl sites for hydroxylation is 1. The van der Waals surface area contributed by atoms with Crippen LogP contribution in [-0.2, 0) is 0 Å². The van der Waals surface area contributed by atoms with Crippen LogP contribution >= 0.6 is 0 Å². The molecule has 2 rings (SSSR count). The molecule has 0 aromatic carbocycles. The van der Waals surface area contributed by atoms with E-state index in [2.05, 4.69) is 26.7 Å². The first kappa shape index (κ1) is 13.7. The Bertz CT molecular complexity index is 587. The van der Waals surface area contributed by atoms with E-state index in [0.29, 0.717) is 18.4 Å². The molecular formula is C13H14N4O3. The van der Waals surface area contributed by atoms with Gasteiger partial charge in [-0.05, 0) is 6.92 Å². The quantitative estimate of drug-likeness (QED) is 0.745. The molecule has 0 aliphatic carbocycles. The molecule has 0 aliphatic heterocycles. The van der Waals surface area contributed by atoms with Crippen molar-refractivity contribution in [3.63, 3.8) is 0 Å². The van der Waals surface area contributed by atoms with Crippen molar-refractivity contribution in [2.24, 2.45) is 0 Å². The molecule has 7 heteroatoms. The van der Waals surface area contributed by atoms with E-state index in [1.54, 1.807) is 24.3 Å². The van der Waals surface area contributed by atoms with E-state index in [4.69, 9.17) is 14.2 Å². The molecule has 0 spiro atoms. The van der Waals surface area contributed by atoms with Gasteiger partial charge in [0.2, 0.25) is 17.6 Å². The van der Waals surface area contributed by atoms with E-state index in [-0.39, 0.29) is 11.9 Å². The van der Waals surface area contributed by atoms with E-state index in [0.717, 1.165) is 5.69 Å². The third kappa shape index (κ3) is 3.64. The smallest absolute Gasteiger partial charge is 0.326 e. The van der Waals surface area contributed by atoms with Crippen molar-refractivity contribution in [2.45, 2.75) is 6.92 Å². The van der Waals surface area contributed by atoms with Gasteiger partial charge < -0.3 is 14.2 Å². The van der Waals surface area contributed by atoms with Crippen LogP contribution in [-0.4, -0.2) is 33.9 Å². The van der Waals surface area contributed by atoms with Crippen molar-refractivity contribution in [3.8, 4) is 23.7 Å². The van der Waals surface area contributed by atoms with Crippen LogP contribution in [0.1, 0.15) is 5.69 Å². The zero-order valence-corrected chi connectivity index (χ0v) is 11.2. The number of rotatable bonds is 6. The molecule has 0 saturated heterocycles. The highest BCUT2D eigenvalue weighted by atomic mass is 16.5. The van der Waals surface area contributed by atoms with Crippen molar-refractivity contribution in [3.05, 3.63) is 36.5 Å². The Morgan fingerprint density at radius 2 is 1.90 bits per heavy atom. The molecule has 2 aromatic heterocycles. The zero-order chi connectivity index (χ0) is 14.4. The first-order valence-electron chi connectivity index (χ1n) is 5.86. The molecule has 20 heavy (non-hydrogen) atoms. The molecule has 0 saturated carbocycles. The Hall–Kier alpha value is -2.70. The monoisotopic (exact) mass is 274 g/mol. The first-order chi connectivity index (χ1) is 9.71. The molecule has 0 atom stereocenters. The second-order valence-corrected chi connectivity index (χ2v) is 3.75. The summed E-state index contributed by atoms with van der Waals surface area (Å²) in [4.78, 5) is 8.18. The van der Waals surface area contributed by atoms with Crippen molar-refractivity contribution in [1.82, 2.24) is 20.2 Å². The van der Waals surface area contributed by atoms with E-state index >= 15 is 0 Å². The van der Waals surface area contributed by atoms with E-state index in [9.17, 15) is 0 Å². The third-order valence-electron chi connectivity index (χ3n) is 2.18. The van der Waals surface area contributed by atoms with E-state index in [1.165, 1.54) is 7.11 Å². The summed E-state index contributed by atoms with van der Waals surface area (Å²) < 4.78 is 15.7. The van der Waals surface area contributed by atoms with Crippen LogP contribution in [0.4, 0.5) is 0 Å². The molecule has 0 bridgehead atoms. The van der Waals surface area contributed by atoms with Crippen LogP contribution in [0.5, 0.6) is 23.7 Å². The SMILES string of the molecule is C=CCOc1ccc(Oc2nc(C)cc(OC)n2)nn1. The van der Waals surface area contributed by atoms with Gasteiger partial charge in [0.15, 0.2) is 0 Å². The maximum absolute atomic E-state index is 5.41. The van der Waals surface area contributed by atoms with E-state index < -0.39 is 0 Å². The van der Waals surface area contributed by atoms with Crippen LogP contribution in [0.15, 0.2) is 30.9 Å². The highest BCUT2D eigenvalue weighted by Crippen LogP contribution is 2.19. The molecule has 0 aliphatic rings. The average molecular weight is 274 g/mol. The van der Waals surface area contributed by atoms with Crippen LogP contribution in [0, 0.1) is 6.92 Å². The van der Waals surface area contributed by atoms with Gasteiger partial charge in [0.1, 0.15) is 6.61 Å². The van der Waals surface area contributed by atoms with E-state index in [1.807, 2.05) is 6.92 Å². The normalized spacial score (nSPS) is 9.90. The Morgan fingerprint density at radius 3 is 2.55 bits per heavy atom. The Labute approximate surface area is 116 Å². The maximum atomic E-state index is 5.41. The lowest BCUT2D eigenvalue weighted by atomic mass is 10.4. The van der Waals surface area contributed by atoms with Crippen molar-refractivity contribution in [1.29, 1.82) is 0 Å². The van der Waals surface area contributed by atoms with Crippen LogP contribution in [0.2, 0.25) is 0 Å². The predicted octanol–water partition coefficient (Wildman–Crippen LogP) is 1.94. The summed E-state index contributed by atoms with van der Waals surface area (Å²) >= 11 is 0. The summed E-state index contributed by atoms with van der Waals surface area (Å²) in [5.41, 5.74) is 0.728. The number of hydrogen-bond acceptors (Lipinski definition) is 7. The van der Waals surface area contributed by atoms with Gasteiger partial charge in [-0.2, -0.15) is 9.97 Å². The van der Waals surface area contributed by atoms with Crippen LogP contribution < -0.4 is 14.2 Å². The van der Waals surface area contributed by atoms with Crippen LogP contribution in [0.3, 0.4) is 0 Å². The molecule has 7 nitrogen and oxygen atoms in total. The molecule has 2 heterocycles. The minimum atomic E-state index is 0.149. The van der Waals surface area contributed by atoms with Gasteiger partial charge in [-0.1, -0.05) is 12.7 Å². The number of hydrogen-bond donors (Lipinski definition) is 0. The molecule has 2 aromatic rings. The average Bonchev–Trinajstić information content (AvgIpc) is 2.46. The first-order valence-corrected chi connectivity index (χ1v) is 5.86. The van der Waals surface area contributed by atoms with Gasteiger partial charge in [-0.3, -0.25) is 0 Å². The molecule has 104 valence electrons. The summed E-state index contributed by atoms with van der Waals surface area (Å²) in [6, 6.07) is 5.10. The minimum absolute atomic E-state index is 0.149. The number of aromatic nitrogens is 4. The fourth-order valence-electron chi connectivity index (χ4n) is 1.34. The Kier molecular flexibility index (Phi) is 4.43. The fourth-order valence-corrected chi connectivity index (χ4v) is 1.34. The number of methoxy groups -OCH3 is 1. The standard InChI is InChI=1S/C13H14N4O3/c1-4-7-19-10-5-6-11(17-16-10)20-13-14-9(2)8-12(15-13)18-3/h4-6,8H,1,7H2,2-3H3. The second-order valence-electron chi connectivity index (χ2n) is 3.75. The topological polar surface area (TPSA) is 79.2 Å². The fraction of sp³-hybridized carbons (Fsp3) is 0.231. The molecule has 0 N–H and O–H groups in total. The summed E-state index contributed by atoms with van der Waals surface area (Å²) in [6.45, 7) is 5.73. The highest BCUT2D eigenvalue weighted by Gasteiger charge is 2.06. The molecule has 0 amide bonds. The lowest BCUT2D eigenvalue weighted by molar-refractivity contribution is 0.336. The second kappa shape index (κ2) is 6.46. The number of nitrogens with zero attached hydrogens (tertiary/aromatic N) is 4. The highest BCUT2D eigenvalue weighted by molar-refractivity contribution is 5.22. The van der Waals surface area contributed by atoms with Gasteiger partial charge in [0.25, 0.3) is 0 Å². The molecule has 0 fully saturated rings. The summed E-state index contributed by atoms with van der Waals surface area (Å²) in [5, 5.41) is 7.71. The van der Waals surface area contributed by atoms with Gasteiger partial charge >= 0.3 is 6.01 Å². The molecule has 0 unspecified atom stereocenters. The van der Waals surface area contributed by atoms with Gasteiger partial charge in [-0.15, -0.1) is 10.2 Å². The number of ether oxygens (including phenoxy) is 3. The van der Waals surface area contributed by atoms with Crippen molar-refractivity contribution < 1.29 is 14.2 Å². The largest absolute Gasteiger partial charge is 0.481 e. The van der Waals surface area contributed by atoms with Gasteiger partial charge in [-0.25, -0.2) is 0 Å². The van der Waals surface area contributed by atoms with Gasteiger partial charge in [0.05, 0.1) is 7.11 Å². The minimum Gasteiger partial charge on any atom is -0.481 e. The van der Waals surface area contributed by atoms with Crippen LogP contribution in [0.25, 0.3) is 0 Å². The summed E-state index contributed by atoms with van der Waals surface area (Å²) in [7, 11) is 1.52. The summed E-state index contributed by atoms with van der Waals surface area (Å²) in [5.74, 6) is 1.08. The molecule has 0 radical (unpaired) electrons. The van der Waals surface area contributed by atoms with Crippen molar-refractivity contribution in [2.75, 3.05) is 13.7 Å². The Balaban J connectivity index is 2.09. The van der Waals surface area contributed by atoms with Crippen molar-refractivity contribution >= 4 is 0 Å². The predicted molar refractivity (Wildman–Crippen MR) is 71.1 cm³/mol. The third-order valence-corrected chi connectivity index (χ3v) is 2.18. The maximum Gasteiger partial charge on any atom is 0.326 e. The van der Waals surface area contributed by atoms with Gasteiger partial charge in [0, 0.05) is 23.9 Å². The Morgan fingerprint density at radius 1 is 1.15 bits per heavy atom. The zero-order valence-electron chi connectivity index (χ0n) is 11.2. The lowest BCUT2D eigenvalue weighted by Crippen LogP contribution is -2.00. The molecular weight excluding hydrogens is 260 g/mol. The summed E-state index contributed by atoms with van der Waals surface area (Å²) in [6.07, 6.45) is 1.62.